The van der Waals surface area contributed by atoms with Crippen LogP contribution < -0.4 is 5.32 Å². The van der Waals surface area contributed by atoms with Gasteiger partial charge in [0, 0.05) is 11.4 Å². The Morgan fingerprint density at radius 3 is 2.93 bits per heavy atom. The normalized spacial score (nSPS) is 10.0. The van der Waals surface area contributed by atoms with Crippen molar-refractivity contribution < 1.29 is 4.79 Å². The van der Waals surface area contributed by atoms with Gasteiger partial charge in [0.15, 0.2) is 0 Å². The highest BCUT2D eigenvalue weighted by atomic mass is 32.1. The van der Waals surface area contributed by atoms with Gasteiger partial charge in [-0.3, -0.25) is 4.79 Å². The number of hydrogen-bond donors (Lipinski definition) is 1. The third-order valence-electron chi connectivity index (χ3n) is 2.20. The molecule has 1 N–H and O–H groups in total. The average molecular weight is 223 g/mol. The number of carbonyl (C=O) groups is 1. The van der Waals surface area contributed by atoms with Gasteiger partial charge >= 0.3 is 0 Å². The van der Waals surface area contributed by atoms with Gasteiger partial charge in [0.1, 0.15) is 0 Å². The first kappa shape index (κ1) is 12.0. The zero-order valence-electron chi connectivity index (χ0n) is 9.30. The molecule has 0 unspecified atom stereocenters. The fourth-order valence-electron chi connectivity index (χ4n) is 1.36. The van der Waals surface area contributed by atoms with E-state index in [0.717, 1.165) is 17.7 Å². The van der Waals surface area contributed by atoms with Crippen molar-refractivity contribution in [2.24, 2.45) is 0 Å². The van der Waals surface area contributed by atoms with E-state index in [0.29, 0.717) is 6.54 Å². The second-order valence-corrected chi connectivity index (χ2v) is 4.54. The molecule has 0 spiro atoms. The smallest absolute Gasteiger partial charge is 0.261 e. The highest BCUT2D eigenvalue weighted by molar-refractivity contribution is 7.14. The molecule has 0 aliphatic rings. The van der Waals surface area contributed by atoms with Gasteiger partial charge in [-0.05, 0) is 31.4 Å². The number of carbonyl (C=O) groups excluding carboxylic acids is 1. The maximum atomic E-state index is 11.7. The summed E-state index contributed by atoms with van der Waals surface area (Å²) in [5, 5.41) is 2.86. The molecule has 0 aliphatic carbocycles. The van der Waals surface area contributed by atoms with Gasteiger partial charge in [-0.1, -0.05) is 13.0 Å². The van der Waals surface area contributed by atoms with Crippen molar-refractivity contribution in [2.45, 2.75) is 26.7 Å². The molecular formula is C12H17NOS. The van der Waals surface area contributed by atoms with Gasteiger partial charge in [0.25, 0.3) is 5.91 Å². The van der Waals surface area contributed by atoms with E-state index in [1.165, 1.54) is 10.4 Å². The maximum Gasteiger partial charge on any atom is 0.261 e. The first-order valence-electron chi connectivity index (χ1n) is 5.17. The average Bonchev–Trinajstić information content (AvgIpc) is 2.60. The van der Waals surface area contributed by atoms with E-state index in [1.807, 2.05) is 6.07 Å². The Morgan fingerprint density at radius 1 is 1.67 bits per heavy atom. The molecule has 1 aromatic rings. The number of amides is 1. The second kappa shape index (κ2) is 5.71. The molecule has 0 radical (unpaired) electrons. The van der Waals surface area contributed by atoms with E-state index in [9.17, 15) is 4.79 Å². The van der Waals surface area contributed by atoms with E-state index < -0.39 is 0 Å². The summed E-state index contributed by atoms with van der Waals surface area (Å²) in [5.41, 5.74) is 1.22. The molecule has 1 heterocycles. The van der Waals surface area contributed by atoms with Crippen LogP contribution in [0.25, 0.3) is 0 Å². The van der Waals surface area contributed by atoms with Crippen molar-refractivity contribution in [1.29, 1.82) is 0 Å². The van der Waals surface area contributed by atoms with Crippen molar-refractivity contribution in [2.75, 3.05) is 6.54 Å². The Morgan fingerprint density at radius 2 is 2.40 bits per heavy atom. The number of hydrogen-bond acceptors (Lipinski definition) is 2. The zero-order valence-corrected chi connectivity index (χ0v) is 10.1. The molecule has 15 heavy (non-hydrogen) atoms. The molecule has 82 valence electrons. The zero-order chi connectivity index (χ0) is 11.3. The van der Waals surface area contributed by atoms with E-state index in [4.69, 9.17) is 0 Å². The van der Waals surface area contributed by atoms with Crippen LogP contribution in [0.3, 0.4) is 0 Å². The monoisotopic (exact) mass is 223 g/mol. The largest absolute Gasteiger partial charge is 0.351 e. The molecule has 2 nitrogen and oxygen atoms in total. The van der Waals surface area contributed by atoms with E-state index in [1.54, 1.807) is 17.4 Å². The summed E-state index contributed by atoms with van der Waals surface area (Å²) in [5.74, 6) is 0.0321. The molecule has 3 heteroatoms. The molecular weight excluding hydrogens is 206 g/mol. The van der Waals surface area contributed by atoms with Gasteiger partial charge < -0.3 is 5.32 Å². The first-order chi connectivity index (χ1) is 7.19. The number of rotatable bonds is 5. The fourth-order valence-corrected chi connectivity index (χ4v) is 2.39. The molecule has 0 fully saturated rings. The van der Waals surface area contributed by atoms with Crippen LogP contribution in [0.4, 0.5) is 0 Å². The van der Waals surface area contributed by atoms with Crippen molar-refractivity contribution in [3.05, 3.63) is 34.0 Å². The Bertz CT molecular complexity index is 355. The van der Waals surface area contributed by atoms with Crippen molar-refractivity contribution in [3.63, 3.8) is 0 Å². The Hall–Kier alpha value is -1.09. The molecule has 1 aromatic heterocycles. The summed E-state index contributed by atoms with van der Waals surface area (Å²) in [4.78, 5) is 13.8. The fraction of sp³-hybridized carbons (Fsp3) is 0.417. The molecule has 1 amide bonds. The van der Waals surface area contributed by atoms with Crippen LogP contribution in [-0.2, 0) is 6.42 Å². The molecule has 1 rings (SSSR count). The highest BCUT2D eigenvalue weighted by Gasteiger charge is 2.10. The lowest BCUT2D eigenvalue weighted by Gasteiger charge is -1.99. The number of thiophene rings is 1. The first-order valence-corrected chi connectivity index (χ1v) is 5.99. The van der Waals surface area contributed by atoms with Crippen LogP contribution in [0, 0.1) is 6.92 Å². The number of nitrogens with one attached hydrogen (secondary N) is 1. The topological polar surface area (TPSA) is 29.1 Å². The van der Waals surface area contributed by atoms with Crippen LogP contribution in [0.2, 0.25) is 0 Å². The minimum absolute atomic E-state index is 0.0321. The lowest BCUT2D eigenvalue weighted by molar-refractivity contribution is 0.0958. The van der Waals surface area contributed by atoms with Gasteiger partial charge in [-0.25, -0.2) is 0 Å². The molecule has 0 saturated carbocycles. The minimum Gasteiger partial charge on any atom is -0.351 e. The maximum absolute atomic E-state index is 11.7. The minimum atomic E-state index is 0.0321. The van der Waals surface area contributed by atoms with Gasteiger partial charge in [0.05, 0.1) is 4.88 Å². The third-order valence-corrected chi connectivity index (χ3v) is 3.58. The predicted octanol–water partition coefficient (Wildman–Crippen LogP) is 2.92. The predicted molar refractivity (Wildman–Crippen MR) is 65.6 cm³/mol. The Balaban J connectivity index is 2.61. The summed E-state index contributed by atoms with van der Waals surface area (Å²) in [7, 11) is 0. The van der Waals surface area contributed by atoms with E-state index in [-0.39, 0.29) is 5.91 Å². The summed E-state index contributed by atoms with van der Waals surface area (Å²) in [6.45, 7) is 8.44. The van der Waals surface area contributed by atoms with Crippen molar-refractivity contribution in [1.82, 2.24) is 5.32 Å². The SMILES string of the molecule is C=CCCNC(=O)c1cc(C)c(CC)s1. The van der Waals surface area contributed by atoms with Gasteiger partial charge in [-0.2, -0.15) is 0 Å². The molecule has 0 atom stereocenters. The summed E-state index contributed by atoms with van der Waals surface area (Å²) >= 11 is 1.59. The van der Waals surface area contributed by atoms with Gasteiger partial charge in [0.2, 0.25) is 0 Å². The Kier molecular flexibility index (Phi) is 4.56. The van der Waals surface area contributed by atoms with Crippen molar-refractivity contribution in [3.8, 4) is 0 Å². The van der Waals surface area contributed by atoms with E-state index in [2.05, 4.69) is 25.7 Å². The third kappa shape index (κ3) is 3.20. The molecule has 0 saturated heterocycles. The summed E-state index contributed by atoms with van der Waals surface area (Å²) in [6, 6.07) is 1.97. The summed E-state index contributed by atoms with van der Waals surface area (Å²) < 4.78 is 0. The Labute approximate surface area is 95.0 Å². The number of aryl methyl sites for hydroxylation is 2. The van der Waals surface area contributed by atoms with Crippen LogP contribution in [-0.4, -0.2) is 12.5 Å². The molecule has 0 aliphatic heterocycles. The lowest BCUT2D eigenvalue weighted by Crippen LogP contribution is -2.23. The van der Waals surface area contributed by atoms with Crippen LogP contribution in [0.15, 0.2) is 18.7 Å². The molecule has 0 aromatic carbocycles. The molecule has 0 bridgehead atoms. The summed E-state index contributed by atoms with van der Waals surface area (Å²) in [6.07, 6.45) is 3.62. The van der Waals surface area contributed by atoms with Gasteiger partial charge in [-0.15, -0.1) is 17.9 Å². The quantitative estimate of drug-likeness (QED) is 0.603. The van der Waals surface area contributed by atoms with Crippen LogP contribution in [0.1, 0.15) is 33.5 Å². The highest BCUT2D eigenvalue weighted by Crippen LogP contribution is 2.22. The van der Waals surface area contributed by atoms with Crippen LogP contribution >= 0.6 is 11.3 Å². The van der Waals surface area contributed by atoms with E-state index >= 15 is 0 Å². The van der Waals surface area contributed by atoms with Crippen LogP contribution in [0.5, 0.6) is 0 Å². The standard InChI is InChI=1S/C12H17NOS/c1-4-6-7-13-12(14)11-8-9(3)10(5-2)15-11/h4,8H,1,5-7H2,2-3H3,(H,13,14). The second-order valence-electron chi connectivity index (χ2n) is 3.40. The van der Waals surface area contributed by atoms with Crippen molar-refractivity contribution >= 4 is 17.2 Å². The lowest BCUT2D eigenvalue weighted by atomic mass is 10.2.